The lowest BCUT2D eigenvalue weighted by molar-refractivity contribution is -0.204. The number of aromatic nitrogens is 1. The molecule has 4 rings (SSSR count). The third-order valence-corrected chi connectivity index (χ3v) is 6.51. The number of hydrogen-bond donors (Lipinski definition) is 0. The highest BCUT2D eigenvalue weighted by Gasteiger charge is 2.35. The van der Waals surface area contributed by atoms with Crippen LogP contribution in [0.3, 0.4) is 0 Å². The molecule has 0 saturated heterocycles. The van der Waals surface area contributed by atoms with Gasteiger partial charge in [0.05, 0.1) is 12.2 Å². The molecule has 5 nitrogen and oxygen atoms in total. The molecular weight excluding hydrogens is 448 g/mol. The third-order valence-electron chi connectivity index (χ3n) is 5.34. The zero-order valence-corrected chi connectivity index (χ0v) is 19.7. The second kappa shape index (κ2) is 9.19. The molecule has 0 amide bonds. The Hall–Kier alpha value is -2.84. The van der Waals surface area contributed by atoms with Crippen LogP contribution in [0.5, 0.6) is 5.75 Å². The van der Waals surface area contributed by atoms with Crippen LogP contribution in [-0.4, -0.2) is 23.2 Å². The van der Waals surface area contributed by atoms with Gasteiger partial charge in [0.2, 0.25) is 5.95 Å². The average molecular weight is 474 g/mol. The largest absolute Gasteiger partial charge is 0.493 e. The Balaban J connectivity index is 1.98. The van der Waals surface area contributed by atoms with E-state index in [1.54, 1.807) is 26.8 Å². The number of halogens is 2. The standard InChI is InChI=1S/C25H25F2NO4S/c1-14-20(22(24(29)32-27)31-25(2,3)4)21(23(33-14)17-9-10-28-19(26)13-17)16-7-8-18-15(12-16)6-5-11-30-18/h7-10,12-13,22H,5-6,11H2,1-4H3. The number of aryl methyl sites for hydroxylation is 2. The minimum Gasteiger partial charge on any atom is -0.493 e. The van der Waals surface area contributed by atoms with Gasteiger partial charge in [-0.05, 0) is 75.4 Å². The SMILES string of the molecule is Cc1sc(-c2ccnc(F)c2)c(-c2ccc3c(c2)CCCO3)c1C(OC(C)(C)C)C(=O)OF. The van der Waals surface area contributed by atoms with Crippen molar-refractivity contribution in [3.63, 3.8) is 0 Å². The monoisotopic (exact) mass is 473 g/mol. The molecule has 1 aliphatic rings. The molecule has 1 atom stereocenters. The van der Waals surface area contributed by atoms with E-state index in [9.17, 15) is 13.7 Å². The second-order valence-corrected chi connectivity index (χ2v) is 10.1. The van der Waals surface area contributed by atoms with Crippen LogP contribution in [-0.2, 0) is 20.9 Å². The van der Waals surface area contributed by atoms with Crippen molar-refractivity contribution in [2.24, 2.45) is 0 Å². The first kappa shape index (κ1) is 23.3. The molecule has 0 N–H and O–H groups in total. The maximum absolute atomic E-state index is 14.0. The Morgan fingerprint density at radius 3 is 2.70 bits per heavy atom. The summed E-state index contributed by atoms with van der Waals surface area (Å²) in [5, 5.41) is 0. The zero-order chi connectivity index (χ0) is 23.8. The average Bonchev–Trinajstić information content (AvgIpc) is 3.13. The van der Waals surface area contributed by atoms with Gasteiger partial charge in [-0.1, -0.05) is 6.07 Å². The van der Waals surface area contributed by atoms with E-state index in [0.29, 0.717) is 23.3 Å². The molecule has 2 aromatic heterocycles. The predicted molar refractivity (Wildman–Crippen MR) is 122 cm³/mol. The van der Waals surface area contributed by atoms with E-state index in [2.05, 4.69) is 9.93 Å². The van der Waals surface area contributed by atoms with Gasteiger partial charge in [0.15, 0.2) is 6.10 Å². The summed E-state index contributed by atoms with van der Waals surface area (Å²) >= 11 is 1.38. The predicted octanol–water partition coefficient (Wildman–Crippen LogP) is 6.53. The first-order valence-electron chi connectivity index (χ1n) is 10.7. The molecular formula is C25H25F2NO4S. The number of fused-ring (bicyclic) bond motifs is 1. The van der Waals surface area contributed by atoms with Crippen molar-refractivity contribution in [2.75, 3.05) is 6.61 Å². The molecule has 1 aliphatic heterocycles. The van der Waals surface area contributed by atoms with E-state index in [1.165, 1.54) is 23.6 Å². The van der Waals surface area contributed by atoms with E-state index in [-0.39, 0.29) is 0 Å². The lowest BCUT2D eigenvalue weighted by Crippen LogP contribution is -2.28. The summed E-state index contributed by atoms with van der Waals surface area (Å²) in [4.78, 5) is 21.3. The van der Waals surface area contributed by atoms with Crippen molar-refractivity contribution >= 4 is 17.3 Å². The van der Waals surface area contributed by atoms with Gasteiger partial charge in [-0.15, -0.1) is 11.3 Å². The lowest BCUT2D eigenvalue weighted by atomic mass is 9.92. The molecule has 3 heterocycles. The number of hydrogen-bond acceptors (Lipinski definition) is 6. The van der Waals surface area contributed by atoms with Crippen molar-refractivity contribution in [3.05, 3.63) is 58.5 Å². The van der Waals surface area contributed by atoms with Gasteiger partial charge in [0.1, 0.15) is 5.75 Å². The van der Waals surface area contributed by atoms with Gasteiger partial charge in [0.25, 0.3) is 0 Å². The number of nitrogens with zero attached hydrogens (tertiary/aromatic N) is 1. The van der Waals surface area contributed by atoms with Crippen LogP contribution < -0.4 is 4.74 Å². The fourth-order valence-electron chi connectivity index (χ4n) is 4.04. The first-order chi connectivity index (χ1) is 15.7. The Bertz CT molecular complexity index is 1190. The molecule has 0 aliphatic carbocycles. The Morgan fingerprint density at radius 2 is 2.00 bits per heavy atom. The van der Waals surface area contributed by atoms with Gasteiger partial charge < -0.3 is 9.47 Å². The van der Waals surface area contributed by atoms with E-state index in [1.807, 2.05) is 25.1 Å². The summed E-state index contributed by atoms with van der Waals surface area (Å²) in [6.07, 6.45) is 1.85. The number of benzene rings is 1. The molecule has 33 heavy (non-hydrogen) atoms. The van der Waals surface area contributed by atoms with Gasteiger partial charge in [-0.25, -0.2) is 9.78 Å². The summed E-state index contributed by atoms with van der Waals surface area (Å²) in [6, 6.07) is 8.84. The fourth-order valence-corrected chi connectivity index (χ4v) is 5.24. The highest BCUT2D eigenvalue weighted by Crippen LogP contribution is 2.48. The maximum Gasteiger partial charge on any atom is 0.381 e. The molecule has 0 spiro atoms. The Morgan fingerprint density at radius 1 is 1.21 bits per heavy atom. The van der Waals surface area contributed by atoms with Gasteiger partial charge in [0, 0.05) is 37.7 Å². The van der Waals surface area contributed by atoms with Crippen LogP contribution in [0.2, 0.25) is 0 Å². The van der Waals surface area contributed by atoms with Crippen LogP contribution in [0.4, 0.5) is 8.92 Å². The molecule has 174 valence electrons. The number of ether oxygens (including phenoxy) is 2. The molecule has 0 saturated carbocycles. The molecule has 1 aromatic carbocycles. The number of rotatable bonds is 5. The Labute approximate surface area is 195 Å². The van der Waals surface area contributed by atoms with Crippen molar-refractivity contribution in [1.29, 1.82) is 0 Å². The zero-order valence-electron chi connectivity index (χ0n) is 18.9. The van der Waals surface area contributed by atoms with Gasteiger partial charge >= 0.3 is 5.97 Å². The van der Waals surface area contributed by atoms with Crippen molar-refractivity contribution < 1.29 is 28.1 Å². The molecule has 8 heteroatoms. The highest BCUT2D eigenvalue weighted by atomic mass is 32.1. The summed E-state index contributed by atoms with van der Waals surface area (Å²) < 4.78 is 38.9. The third kappa shape index (κ3) is 4.91. The van der Waals surface area contributed by atoms with Crippen LogP contribution in [0.25, 0.3) is 21.6 Å². The second-order valence-electron chi connectivity index (χ2n) is 8.92. The molecule has 3 aromatic rings. The number of carbonyl (C=O) groups excluding carboxylic acids is 1. The molecule has 0 radical (unpaired) electrons. The Kier molecular flexibility index (Phi) is 6.50. The van der Waals surface area contributed by atoms with E-state index in [0.717, 1.165) is 39.5 Å². The van der Waals surface area contributed by atoms with Gasteiger partial charge in [-0.3, -0.25) is 4.94 Å². The van der Waals surface area contributed by atoms with Crippen LogP contribution in [0, 0.1) is 12.9 Å². The number of thiophene rings is 1. The normalized spacial score (nSPS) is 14.4. The van der Waals surface area contributed by atoms with Crippen LogP contribution in [0.15, 0.2) is 36.5 Å². The summed E-state index contributed by atoms with van der Waals surface area (Å²) in [7, 11) is 0. The maximum atomic E-state index is 14.0. The topological polar surface area (TPSA) is 57.7 Å². The summed E-state index contributed by atoms with van der Waals surface area (Å²) in [5.74, 6) is -0.933. The lowest BCUT2D eigenvalue weighted by Gasteiger charge is -2.26. The first-order valence-corrected chi connectivity index (χ1v) is 11.5. The summed E-state index contributed by atoms with van der Waals surface area (Å²) in [6.45, 7) is 7.84. The summed E-state index contributed by atoms with van der Waals surface area (Å²) in [5.41, 5.74) is 2.88. The molecule has 0 fully saturated rings. The molecule has 1 unspecified atom stereocenters. The number of carbonyl (C=O) groups is 1. The van der Waals surface area contributed by atoms with Crippen LogP contribution in [0.1, 0.15) is 49.3 Å². The minimum atomic E-state index is -1.30. The smallest absolute Gasteiger partial charge is 0.381 e. The van der Waals surface area contributed by atoms with Gasteiger partial charge in [-0.2, -0.15) is 4.39 Å². The van der Waals surface area contributed by atoms with Crippen LogP contribution >= 0.6 is 11.3 Å². The van der Waals surface area contributed by atoms with Crippen molar-refractivity contribution in [2.45, 2.75) is 52.2 Å². The van der Waals surface area contributed by atoms with Crippen molar-refractivity contribution in [1.82, 2.24) is 4.98 Å². The quantitative estimate of drug-likeness (QED) is 0.394. The van der Waals surface area contributed by atoms with E-state index >= 15 is 0 Å². The molecule has 0 bridgehead atoms. The number of pyridine rings is 1. The van der Waals surface area contributed by atoms with Crippen molar-refractivity contribution in [3.8, 4) is 27.3 Å². The van der Waals surface area contributed by atoms with E-state index < -0.39 is 23.6 Å². The fraction of sp³-hybridized carbons (Fsp3) is 0.360. The minimum absolute atomic E-state index is 0.501. The highest BCUT2D eigenvalue weighted by molar-refractivity contribution is 7.16. The van der Waals surface area contributed by atoms with E-state index in [4.69, 9.17) is 9.47 Å².